The van der Waals surface area contributed by atoms with Crippen molar-refractivity contribution in [1.29, 1.82) is 0 Å². The maximum Gasteiger partial charge on any atom is 0.326 e. The maximum atomic E-state index is 13.2. The average Bonchev–Trinajstić information content (AvgIpc) is 3.38. The summed E-state index contributed by atoms with van der Waals surface area (Å²) in [7, 11) is 0. The van der Waals surface area contributed by atoms with Gasteiger partial charge in [-0.1, -0.05) is 30.3 Å². The number of hydrogen-bond donors (Lipinski definition) is 8. The maximum absolute atomic E-state index is 13.2. The van der Waals surface area contributed by atoms with Gasteiger partial charge in [0, 0.05) is 36.9 Å². The Morgan fingerprint density at radius 2 is 1.54 bits per heavy atom. The number of carbonyl (C=O) groups excluding carboxylic acids is 3. The number of hydrogen-bond acceptors (Lipinski definition) is 8. The fourth-order valence-electron chi connectivity index (χ4n) is 3.32. The molecule has 3 amide bonds. The van der Waals surface area contributed by atoms with Crippen LogP contribution in [-0.4, -0.2) is 79.8 Å². The molecular formula is C23H30N6O7S. The van der Waals surface area contributed by atoms with Crippen LogP contribution in [0.2, 0.25) is 0 Å². The van der Waals surface area contributed by atoms with Crippen LogP contribution in [0.25, 0.3) is 0 Å². The molecule has 1 heterocycles. The van der Waals surface area contributed by atoms with Crippen molar-refractivity contribution in [3.63, 3.8) is 0 Å². The lowest BCUT2D eigenvalue weighted by Gasteiger charge is -2.25. The Morgan fingerprint density at radius 3 is 2.11 bits per heavy atom. The molecule has 1 aromatic carbocycles. The van der Waals surface area contributed by atoms with Gasteiger partial charge in [0.15, 0.2) is 0 Å². The molecule has 0 aliphatic carbocycles. The number of imidazole rings is 1. The number of carboxylic acid groups (broad SMARTS) is 2. The molecule has 0 bridgehead atoms. The molecule has 0 fully saturated rings. The molecular weight excluding hydrogens is 504 g/mol. The van der Waals surface area contributed by atoms with Crippen LogP contribution in [0.5, 0.6) is 0 Å². The molecule has 0 unspecified atom stereocenters. The Labute approximate surface area is 218 Å². The van der Waals surface area contributed by atoms with Crippen LogP contribution >= 0.6 is 12.6 Å². The molecule has 8 N–H and O–H groups in total. The Hall–Kier alpha value is -3.91. The number of aromatic nitrogens is 2. The third-order valence-electron chi connectivity index (χ3n) is 5.32. The van der Waals surface area contributed by atoms with Crippen molar-refractivity contribution in [3.05, 3.63) is 54.1 Å². The summed E-state index contributed by atoms with van der Waals surface area (Å²) < 4.78 is 0. The van der Waals surface area contributed by atoms with Crippen molar-refractivity contribution in [2.24, 2.45) is 5.73 Å². The van der Waals surface area contributed by atoms with Gasteiger partial charge in [-0.25, -0.2) is 9.78 Å². The van der Waals surface area contributed by atoms with E-state index in [1.807, 2.05) is 0 Å². The molecule has 13 nitrogen and oxygen atoms in total. The van der Waals surface area contributed by atoms with Gasteiger partial charge in [-0.15, -0.1) is 0 Å². The largest absolute Gasteiger partial charge is 0.481 e. The van der Waals surface area contributed by atoms with Gasteiger partial charge < -0.3 is 36.9 Å². The molecule has 2 rings (SSSR count). The second-order valence-corrected chi connectivity index (χ2v) is 8.58. The SMILES string of the molecule is N[C@H](CS)C(=O)N[C@H](CCC(=O)O)C(=O)N[C@H](Cc1ccccc1)C(=O)N[C@H](Cc1cnc[nH]1)C(=O)O. The van der Waals surface area contributed by atoms with E-state index in [1.54, 1.807) is 30.3 Å². The summed E-state index contributed by atoms with van der Waals surface area (Å²) in [4.78, 5) is 68.0. The van der Waals surface area contributed by atoms with Crippen LogP contribution < -0.4 is 21.7 Å². The molecule has 0 saturated carbocycles. The number of thiol groups is 1. The summed E-state index contributed by atoms with van der Waals surface area (Å²) in [5.41, 5.74) is 6.80. The molecule has 4 atom stereocenters. The number of carboxylic acids is 2. The summed E-state index contributed by atoms with van der Waals surface area (Å²) in [6, 6.07) is 3.79. The molecule has 0 aliphatic heterocycles. The predicted octanol–water partition coefficient (Wildman–Crippen LogP) is -1.14. The topological polar surface area (TPSA) is 217 Å². The van der Waals surface area contributed by atoms with E-state index in [0.717, 1.165) is 0 Å². The average molecular weight is 535 g/mol. The van der Waals surface area contributed by atoms with Gasteiger partial charge in [0.05, 0.1) is 12.4 Å². The summed E-state index contributed by atoms with van der Waals surface area (Å²) in [5, 5.41) is 26.0. The minimum absolute atomic E-state index is 0.00452. The van der Waals surface area contributed by atoms with Crippen molar-refractivity contribution < 1.29 is 34.2 Å². The second-order valence-electron chi connectivity index (χ2n) is 8.21. The first-order valence-corrected chi connectivity index (χ1v) is 12.0. The lowest BCUT2D eigenvalue weighted by Crippen LogP contribution is -2.58. The second kappa shape index (κ2) is 14.6. The Balaban J connectivity index is 2.23. The van der Waals surface area contributed by atoms with Crippen LogP contribution in [0.4, 0.5) is 0 Å². The lowest BCUT2D eigenvalue weighted by molar-refractivity contribution is -0.142. The van der Waals surface area contributed by atoms with E-state index in [1.165, 1.54) is 12.5 Å². The van der Waals surface area contributed by atoms with Gasteiger partial charge in [-0.2, -0.15) is 12.6 Å². The first-order valence-electron chi connectivity index (χ1n) is 11.3. The van der Waals surface area contributed by atoms with Crippen LogP contribution in [0, 0.1) is 0 Å². The number of nitrogens with two attached hydrogens (primary N) is 1. The van der Waals surface area contributed by atoms with Gasteiger partial charge in [0.25, 0.3) is 0 Å². The van der Waals surface area contributed by atoms with E-state index in [9.17, 15) is 29.1 Å². The number of nitrogens with one attached hydrogen (secondary N) is 4. The van der Waals surface area contributed by atoms with Gasteiger partial charge >= 0.3 is 11.9 Å². The Morgan fingerprint density at radius 1 is 0.919 bits per heavy atom. The van der Waals surface area contributed by atoms with E-state index < -0.39 is 60.2 Å². The highest BCUT2D eigenvalue weighted by atomic mass is 32.1. The zero-order valence-electron chi connectivity index (χ0n) is 19.8. The molecule has 0 spiro atoms. The first kappa shape index (κ1) is 29.3. The van der Waals surface area contributed by atoms with Crippen molar-refractivity contribution in [1.82, 2.24) is 25.9 Å². The molecule has 0 saturated heterocycles. The molecule has 1 aromatic heterocycles. The molecule has 2 aromatic rings. The van der Waals surface area contributed by atoms with Crippen molar-refractivity contribution in [3.8, 4) is 0 Å². The van der Waals surface area contributed by atoms with E-state index in [0.29, 0.717) is 11.3 Å². The number of H-pyrrole nitrogens is 1. The number of benzene rings is 1. The van der Waals surface area contributed by atoms with Crippen molar-refractivity contribution in [2.75, 3.05) is 5.75 Å². The van der Waals surface area contributed by atoms with Crippen LogP contribution in [0.1, 0.15) is 24.1 Å². The van der Waals surface area contributed by atoms with Crippen molar-refractivity contribution >= 4 is 42.3 Å². The predicted molar refractivity (Wildman–Crippen MR) is 135 cm³/mol. The normalized spacial score (nSPS) is 14.0. The van der Waals surface area contributed by atoms with Crippen LogP contribution in [0.15, 0.2) is 42.9 Å². The van der Waals surface area contributed by atoms with Gasteiger partial charge in [-0.05, 0) is 12.0 Å². The van der Waals surface area contributed by atoms with Gasteiger partial charge in [-0.3, -0.25) is 19.2 Å². The molecule has 0 radical (unpaired) electrons. The van der Waals surface area contributed by atoms with E-state index >= 15 is 0 Å². The third-order valence-corrected chi connectivity index (χ3v) is 5.72. The summed E-state index contributed by atoms with van der Waals surface area (Å²) in [6.07, 6.45) is 2.03. The first-order chi connectivity index (χ1) is 17.6. The quantitative estimate of drug-likeness (QED) is 0.129. The number of aliphatic carboxylic acids is 2. The summed E-state index contributed by atoms with van der Waals surface area (Å²) in [5.74, 6) is -4.80. The zero-order valence-corrected chi connectivity index (χ0v) is 20.7. The summed E-state index contributed by atoms with van der Waals surface area (Å²) >= 11 is 3.94. The van der Waals surface area contributed by atoms with Crippen molar-refractivity contribution in [2.45, 2.75) is 49.9 Å². The Kier molecular flexibility index (Phi) is 11.6. The molecule has 14 heteroatoms. The minimum atomic E-state index is -1.32. The standard InChI is InChI=1S/C23H30N6O7S/c24-15(11-37)20(32)27-16(6-7-19(30)31)21(33)28-17(8-13-4-2-1-3-5-13)22(34)29-18(23(35)36)9-14-10-25-12-26-14/h1-5,10,12,15-18,37H,6-9,11,24H2,(H,25,26)(H,27,32)(H,28,33)(H,29,34)(H,30,31)(H,35,36)/t15-,16-,17-,18-/m1/s1. The van der Waals surface area contributed by atoms with Gasteiger partial charge in [0.2, 0.25) is 17.7 Å². The van der Waals surface area contributed by atoms with Crippen LogP contribution in [-0.2, 0) is 36.8 Å². The van der Waals surface area contributed by atoms with Gasteiger partial charge in [0.1, 0.15) is 18.1 Å². The Bertz CT molecular complexity index is 1070. The lowest BCUT2D eigenvalue weighted by atomic mass is 10.0. The van der Waals surface area contributed by atoms with E-state index in [2.05, 4.69) is 38.5 Å². The number of rotatable bonds is 15. The highest BCUT2D eigenvalue weighted by Crippen LogP contribution is 2.07. The smallest absolute Gasteiger partial charge is 0.326 e. The number of aromatic amines is 1. The zero-order chi connectivity index (χ0) is 27.4. The number of nitrogens with zero attached hydrogens (tertiary/aromatic N) is 1. The van der Waals surface area contributed by atoms with Crippen LogP contribution in [0.3, 0.4) is 0 Å². The fraction of sp³-hybridized carbons (Fsp3) is 0.391. The molecule has 37 heavy (non-hydrogen) atoms. The highest BCUT2D eigenvalue weighted by Gasteiger charge is 2.31. The number of carbonyl (C=O) groups is 5. The monoisotopic (exact) mass is 534 g/mol. The highest BCUT2D eigenvalue weighted by molar-refractivity contribution is 7.80. The fourth-order valence-corrected chi connectivity index (χ4v) is 3.48. The molecule has 0 aliphatic rings. The molecule has 200 valence electrons. The third kappa shape index (κ3) is 9.93. The number of amides is 3. The minimum Gasteiger partial charge on any atom is -0.481 e. The summed E-state index contributed by atoms with van der Waals surface area (Å²) in [6.45, 7) is 0. The van der Waals surface area contributed by atoms with E-state index in [-0.39, 0.29) is 25.0 Å². The van der Waals surface area contributed by atoms with E-state index in [4.69, 9.17) is 10.8 Å².